The highest BCUT2D eigenvalue weighted by Gasteiger charge is 2.08. The predicted octanol–water partition coefficient (Wildman–Crippen LogP) is 3.53. The van der Waals surface area contributed by atoms with Crippen molar-refractivity contribution in [2.75, 3.05) is 23.9 Å². The molecule has 2 aromatic rings. The van der Waals surface area contributed by atoms with Crippen LogP contribution in [0, 0.1) is 0 Å². The van der Waals surface area contributed by atoms with Crippen molar-refractivity contribution in [3.8, 4) is 11.3 Å². The highest BCUT2D eigenvalue weighted by molar-refractivity contribution is 7.98. The molecule has 1 aromatic carbocycles. The van der Waals surface area contributed by atoms with Crippen LogP contribution in [0.15, 0.2) is 28.5 Å². The number of thioether (sulfide) groups is 1. The van der Waals surface area contributed by atoms with Crippen molar-refractivity contribution in [3.05, 3.63) is 23.6 Å². The van der Waals surface area contributed by atoms with E-state index in [1.807, 2.05) is 36.9 Å². The third kappa shape index (κ3) is 3.27. The molecule has 2 rings (SSSR count). The summed E-state index contributed by atoms with van der Waals surface area (Å²) in [5.41, 5.74) is 2.74. The van der Waals surface area contributed by atoms with Gasteiger partial charge >= 0.3 is 0 Å². The van der Waals surface area contributed by atoms with Crippen LogP contribution < -0.4 is 10.6 Å². The topological polar surface area (TPSA) is 54.0 Å². The number of hydrogen-bond donors (Lipinski definition) is 2. The minimum Gasteiger partial charge on any atom is -0.365 e. The lowest BCUT2D eigenvalue weighted by atomic mass is 10.1. The molecule has 0 unspecified atom stereocenters. The normalized spacial score (nSPS) is 10.3. The van der Waals surface area contributed by atoms with E-state index < -0.39 is 0 Å². The van der Waals surface area contributed by atoms with Gasteiger partial charge in [0.1, 0.15) is 0 Å². The third-order valence-electron chi connectivity index (χ3n) is 2.52. The second-order valence-electron chi connectivity index (χ2n) is 3.88. The van der Waals surface area contributed by atoms with Crippen LogP contribution in [0.4, 0.5) is 10.8 Å². The number of carbonyl (C=O) groups is 1. The Morgan fingerprint density at radius 3 is 2.79 bits per heavy atom. The Kier molecular flexibility index (Phi) is 4.44. The summed E-state index contributed by atoms with van der Waals surface area (Å²) in [5, 5.41) is 8.75. The minimum absolute atomic E-state index is 0.0679. The number of benzene rings is 1. The second kappa shape index (κ2) is 6.08. The first kappa shape index (κ1) is 13.9. The van der Waals surface area contributed by atoms with Gasteiger partial charge in [0.05, 0.1) is 11.4 Å². The van der Waals surface area contributed by atoms with Crippen molar-refractivity contribution < 1.29 is 4.79 Å². The maximum Gasteiger partial charge on any atom is 0.221 e. The van der Waals surface area contributed by atoms with Crippen molar-refractivity contribution in [2.24, 2.45) is 0 Å². The molecule has 1 amide bonds. The number of anilines is 2. The van der Waals surface area contributed by atoms with Crippen LogP contribution in [-0.2, 0) is 4.79 Å². The largest absolute Gasteiger partial charge is 0.365 e. The van der Waals surface area contributed by atoms with Crippen molar-refractivity contribution >= 4 is 39.8 Å². The molecule has 19 heavy (non-hydrogen) atoms. The fraction of sp³-hybridized carbons (Fsp3) is 0.231. The van der Waals surface area contributed by atoms with E-state index in [2.05, 4.69) is 15.6 Å². The number of thiazole rings is 1. The van der Waals surface area contributed by atoms with E-state index in [9.17, 15) is 4.79 Å². The van der Waals surface area contributed by atoms with E-state index in [0.29, 0.717) is 0 Å². The molecule has 1 aromatic heterocycles. The Morgan fingerprint density at radius 1 is 1.42 bits per heavy atom. The second-order valence-corrected chi connectivity index (χ2v) is 5.59. The summed E-state index contributed by atoms with van der Waals surface area (Å²) in [6.45, 7) is 1.51. The number of hydrogen-bond acceptors (Lipinski definition) is 5. The number of nitrogens with one attached hydrogen (secondary N) is 2. The van der Waals surface area contributed by atoms with Crippen molar-refractivity contribution in [3.63, 3.8) is 0 Å². The van der Waals surface area contributed by atoms with Crippen LogP contribution in [0.2, 0.25) is 0 Å². The molecule has 0 saturated carbocycles. The summed E-state index contributed by atoms with van der Waals surface area (Å²) in [6, 6.07) is 5.98. The van der Waals surface area contributed by atoms with Crippen molar-refractivity contribution in [2.45, 2.75) is 11.8 Å². The van der Waals surface area contributed by atoms with Gasteiger partial charge < -0.3 is 10.6 Å². The molecule has 1 heterocycles. The van der Waals surface area contributed by atoms with Crippen LogP contribution >= 0.6 is 23.1 Å². The lowest BCUT2D eigenvalue weighted by Crippen LogP contribution is -2.06. The van der Waals surface area contributed by atoms with Crippen LogP contribution in [-0.4, -0.2) is 24.2 Å². The van der Waals surface area contributed by atoms with E-state index in [-0.39, 0.29) is 5.91 Å². The van der Waals surface area contributed by atoms with Gasteiger partial charge in [-0.3, -0.25) is 4.79 Å². The SMILES string of the molecule is CNc1nc(-c2ccc(SC)c(NC(C)=O)c2)cs1. The average Bonchev–Trinajstić information content (AvgIpc) is 2.86. The summed E-state index contributed by atoms with van der Waals surface area (Å²) in [5.74, 6) is -0.0679. The van der Waals surface area contributed by atoms with Gasteiger partial charge in [0.15, 0.2) is 5.13 Å². The summed E-state index contributed by atoms with van der Waals surface area (Å²) in [4.78, 5) is 16.7. The van der Waals surface area contributed by atoms with Crippen LogP contribution in [0.25, 0.3) is 11.3 Å². The van der Waals surface area contributed by atoms with Gasteiger partial charge in [0.25, 0.3) is 0 Å². The smallest absolute Gasteiger partial charge is 0.221 e. The molecule has 0 bridgehead atoms. The lowest BCUT2D eigenvalue weighted by molar-refractivity contribution is -0.114. The number of carbonyl (C=O) groups excluding carboxylic acids is 1. The molecule has 0 radical (unpaired) electrons. The summed E-state index contributed by atoms with van der Waals surface area (Å²) in [6.07, 6.45) is 1.99. The highest BCUT2D eigenvalue weighted by atomic mass is 32.2. The zero-order chi connectivity index (χ0) is 13.8. The fourth-order valence-electron chi connectivity index (χ4n) is 1.68. The quantitative estimate of drug-likeness (QED) is 0.847. The molecule has 0 spiro atoms. The Bertz CT molecular complexity index is 595. The zero-order valence-electron chi connectivity index (χ0n) is 11.0. The van der Waals surface area contributed by atoms with Gasteiger partial charge in [-0.05, 0) is 18.4 Å². The molecule has 0 atom stereocenters. The molecular weight excluding hydrogens is 278 g/mol. The first-order valence-electron chi connectivity index (χ1n) is 5.73. The van der Waals surface area contributed by atoms with E-state index in [4.69, 9.17) is 0 Å². The Hall–Kier alpha value is -1.53. The van der Waals surface area contributed by atoms with Crippen LogP contribution in [0.5, 0.6) is 0 Å². The van der Waals surface area contributed by atoms with Crippen LogP contribution in [0.1, 0.15) is 6.92 Å². The monoisotopic (exact) mass is 293 g/mol. The van der Waals surface area contributed by atoms with Gasteiger partial charge in [-0.1, -0.05) is 6.07 Å². The average molecular weight is 293 g/mol. The lowest BCUT2D eigenvalue weighted by Gasteiger charge is -2.09. The molecule has 0 aliphatic heterocycles. The van der Waals surface area contributed by atoms with Crippen molar-refractivity contribution in [1.29, 1.82) is 0 Å². The van der Waals surface area contributed by atoms with Crippen LogP contribution in [0.3, 0.4) is 0 Å². The first-order chi connectivity index (χ1) is 9.13. The number of nitrogens with zero attached hydrogens (tertiary/aromatic N) is 1. The molecule has 6 heteroatoms. The third-order valence-corrected chi connectivity index (χ3v) is 4.18. The van der Waals surface area contributed by atoms with Gasteiger partial charge in [-0.15, -0.1) is 23.1 Å². The molecular formula is C13H15N3OS2. The molecule has 0 saturated heterocycles. The summed E-state index contributed by atoms with van der Waals surface area (Å²) in [7, 11) is 1.85. The molecule has 0 aliphatic carbocycles. The minimum atomic E-state index is -0.0679. The Morgan fingerprint density at radius 2 is 2.21 bits per heavy atom. The molecule has 0 fully saturated rings. The molecule has 100 valence electrons. The van der Waals surface area contributed by atoms with E-state index in [0.717, 1.165) is 27.0 Å². The zero-order valence-corrected chi connectivity index (χ0v) is 12.6. The summed E-state index contributed by atoms with van der Waals surface area (Å²) < 4.78 is 0. The van der Waals surface area contributed by atoms with Gasteiger partial charge in [0.2, 0.25) is 5.91 Å². The molecule has 0 aliphatic rings. The highest BCUT2D eigenvalue weighted by Crippen LogP contribution is 2.32. The van der Waals surface area contributed by atoms with E-state index in [1.165, 1.54) is 6.92 Å². The number of aromatic nitrogens is 1. The van der Waals surface area contributed by atoms with Gasteiger partial charge in [-0.2, -0.15) is 0 Å². The predicted molar refractivity (Wildman–Crippen MR) is 83.2 cm³/mol. The van der Waals surface area contributed by atoms with E-state index in [1.54, 1.807) is 23.1 Å². The van der Waals surface area contributed by atoms with Crippen molar-refractivity contribution in [1.82, 2.24) is 4.98 Å². The van der Waals surface area contributed by atoms with E-state index >= 15 is 0 Å². The summed E-state index contributed by atoms with van der Waals surface area (Å²) >= 11 is 3.17. The molecule has 2 N–H and O–H groups in total. The number of amides is 1. The fourth-order valence-corrected chi connectivity index (χ4v) is 2.89. The first-order valence-corrected chi connectivity index (χ1v) is 7.83. The maximum absolute atomic E-state index is 11.2. The van der Waals surface area contributed by atoms with Gasteiger partial charge in [0, 0.05) is 29.8 Å². The Labute approximate surface area is 120 Å². The van der Waals surface area contributed by atoms with Gasteiger partial charge in [-0.25, -0.2) is 4.98 Å². The molecule has 4 nitrogen and oxygen atoms in total. The maximum atomic E-state index is 11.2. The standard InChI is InChI=1S/C13H15N3OS2/c1-8(17)15-10-6-9(4-5-12(10)18-3)11-7-19-13(14-2)16-11/h4-7H,1-3H3,(H,14,16)(H,15,17). The number of rotatable bonds is 4. The Balaban J connectivity index is 2.38.